The molecule has 1 unspecified atom stereocenters. The minimum absolute atomic E-state index is 0.0400. The summed E-state index contributed by atoms with van der Waals surface area (Å²) in [5.41, 5.74) is 2.74. The molecule has 1 amide bonds. The first-order valence-electron chi connectivity index (χ1n) is 10.0. The van der Waals surface area contributed by atoms with E-state index in [4.69, 9.17) is 0 Å². The van der Waals surface area contributed by atoms with Gasteiger partial charge in [-0.15, -0.1) is 0 Å². The smallest absolute Gasteiger partial charge is 0.354 e. The fraction of sp³-hybridized carbons (Fsp3) is 0.455. The molecule has 1 N–H and O–H groups in total. The fourth-order valence-electron chi connectivity index (χ4n) is 3.48. The SMILES string of the molecule is Cc1ccc(C(C)NC(=O)CN2CCN(c3ccc(C(F)(F)F)cn3)CC2)cc1C. The van der Waals surface area contributed by atoms with Crippen LogP contribution in [0.2, 0.25) is 0 Å². The number of piperazine rings is 1. The van der Waals surface area contributed by atoms with Gasteiger partial charge < -0.3 is 10.2 Å². The second kappa shape index (κ2) is 9.04. The molecule has 2 aromatic rings. The summed E-state index contributed by atoms with van der Waals surface area (Å²) in [5.74, 6) is 0.484. The lowest BCUT2D eigenvalue weighted by Gasteiger charge is -2.35. The van der Waals surface area contributed by atoms with Crippen LogP contribution in [0.25, 0.3) is 0 Å². The van der Waals surface area contributed by atoms with E-state index in [1.54, 1.807) is 0 Å². The highest BCUT2D eigenvalue weighted by Gasteiger charge is 2.31. The van der Waals surface area contributed by atoms with Crippen LogP contribution in [-0.4, -0.2) is 48.5 Å². The third kappa shape index (κ3) is 5.50. The summed E-state index contributed by atoms with van der Waals surface area (Å²) in [6, 6.07) is 8.56. The number of hydrogen-bond donors (Lipinski definition) is 1. The van der Waals surface area contributed by atoms with Crippen LogP contribution < -0.4 is 10.2 Å². The Bertz CT molecular complexity index is 875. The molecule has 0 saturated carbocycles. The number of carbonyl (C=O) groups is 1. The monoisotopic (exact) mass is 420 g/mol. The van der Waals surface area contributed by atoms with Crippen molar-refractivity contribution in [2.75, 3.05) is 37.6 Å². The minimum atomic E-state index is -4.38. The molecule has 8 heteroatoms. The van der Waals surface area contributed by atoms with Gasteiger partial charge in [0.05, 0.1) is 18.2 Å². The number of carbonyl (C=O) groups excluding carboxylic acids is 1. The average molecular weight is 420 g/mol. The predicted molar refractivity (Wildman–Crippen MR) is 110 cm³/mol. The molecule has 3 rings (SSSR count). The molecule has 1 aromatic carbocycles. The first kappa shape index (κ1) is 22.1. The summed E-state index contributed by atoms with van der Waals surface area (Å²) in [7, 11) is 0. The van der Waals surface area contributed by atoms with Crippen molar-refractivity contribution in [1.29, 1.82) is 0 Å². The Hall–Kier alpha value is -2.61. The van der Waals surface area contributed by atoms with E-state index in [1.807, 2.05) is 22.8 Å². The highest BCUT2D eigenvalue weighted by atomic mass is 19.4. The first-order chi connectivity index (χ1) is 14.1. The fourth-order valence-corrected chi connectivity index (χ4v) is 3.48. The number of nitrogens with one attached hydrogen (secondary N) is 1. The Balaban J connectivity index is 1.48. The predicted octanol–water partition coefficient (Wildman–Crippen LogP) is 3.72. The number of aromatic nitrogens is 1. The summed E-state index contributed by atoms with van der Waals surface area (Å²) >= 11 is 0. The molecule has 0 aliphatic carbocycles. The Labute approximate surface area is 174 Å². The van der Waals surface area contributed by atoms with E-state index >= 15 is 0 Å². The maximum absolute atomic E-state index is 12.7. The molecule has 0 spiro atoms. The zero-order chi connectivity index (χ0) is 21.9. The number of hydrogen-bond acceptors (Lipinski definition) is 4. The van der Waals surface area contributed by atoms with Gasteiger partial charge in [0, 0.05) is 32.4 Å². The van der Waals surface area contributed by atoms with Crippen LogP contribution in [0.4, 0.5) is 19.0 Å². The van der Waals surface area contributed by atoms with Gasteiger partial charge in [0.25, 0.3) is 0 Å². The summed E-state index contributed by atoms with van der Waals surface area (Å²) in [6.45, 7) is 8.89. The molecule has 1 atom stereocenters. The van der Waals surface area contributed by atoms with Gasteiger partial charge in [-0.3, -0.25) is 9.69 Å². The highest BCUT2D eigenvalue weighted by Crippen LogP contribution is 2.29. The quantitative estimate of drug-likeness (QED) is 0.801. The number of nitrogens with zero attached hydrogens (tertiary/aromatic N) is 3. The molecular weight excluding hydrogens is 393 g/mol. The van der Waals surface area contributed by atoms with E-state index in [1.165, 1.54) is 17.2 Å². The van der Waals surface area contributed by atoms with E-state index < -0.39 is 11.7 Å². The van der Waals surface area contributed by atoms with Crippen LogP contribution in [0.15, 0.2) is 36.5 Å². The molecule has 30 heavy (non-hydrogen) atoms. The normalized spacial score (nSPS) is 16.4. The van der Waals surface area contributed by atoms with Crippen molar-refractivity contribution in [3.8, 4) is 0 Å². The van der Waals surface area contributed by atoms with E-state index in [2.05, 4.69) is 36.3 Å². The van der Waals surface area contributed by atoms with Gasteiger partial charge >= 0.3 is 6.18 Å². The van der Waals surface area contributed by atoms with Gasteiger partial charge in [0.1, 0.15) is 5.82 Å². The van der Waals surface area contributed by atoms with Crippen molar-refractivity contribution < 1.29 is 18.0 Å². The van der Waals surface area contributed by atoms with Gasteiger partial charge in [-0.1, -0.05) is 18.2 Å². The van der Waals surface area contributed by atoms with Crippen LogP contribution in [0.1, 0.15) is 35.2 Å². The van der Waals surface area contributed by atoms with Gasteiger partial charge in [0.2, 0.25) is 5.91 Å². The Morgan fingerprint density at radius 1 is 1.10 bits per heavy atom. The third-order valence-electron chi connectivity index (χ3n) is 5.55. The molecule has 1 aliphatic heterocycles. The molecule has 1 fully saturated rings. The molecule has 1 aromatic heterocycles. The maximum atomic E-state index is 12.7. The number of halogens is 3. The molecule has 2 heterocycles. The topological polar surface area (TPSA) is 48.5 Å². The molecule has 5 nitrogen and oxygen atoms in total. The van der Waals surface area contributed by atoms with Gasteiger partial charge in [0.15, 0.2) is 0 Å². The van der Waals surface area contributed by atoms with Crippen LogP contribution >= 0.6 is 0 Å². The molecule has 0 radical (unpaired) electrons. The molecular formula is C22H27F3N4O. The molecule has 1 saturated heterocycles. The van der Waals surface area contributed by atoms with E-state index in [9.17, 15) is 18.0 Å². The zero-order valence-corrected chi connectivity index (χ0v) is 17.5. The van der Waals surface area contributed by atoms with Crippen molar-refractivity contribution >= 4 is 11.7 Å². The van der Waals surface area contributed by atoms with E-state index in [0.717, 1.165) is 17.8 Å². The first-order valence-corrected chi connectivity index (χ1v) is 10.0. The number of amides is 1. The van der Waals surface area contributed by atoms with Crippen LogP contribution in [0, 0.1) is 13.8 Å². The number of rotatable bonds is 5. The van der Waals surface area contributed by atoms with E-state index in [0.29, 0.717) is 38.5 Å². The largest absolute Gasteiger partial charge is 0.417 e. The molecule has 0 bridgehead atoms. The molecule has 162 valence electrons. The average Bonchev–Trinajstić information content (AvgIpc) is 2.70. The maximum Gasteiger partial charge on any atom is 0.417 e. The summed E-state index contributed by atoms with van der Waals surface area (Å²) in [6.07, 6.45) is -3.52. The Morgan fingerprint density at radius 2 is 1.80 bits per heavy atom. The number of pyridine rings is 1. The van der Waals surface area contributed by atoms with Crippen molar-refractivity contribution in [3.05, 3.63) is 58.8 Å². The van der Waals surface area contributed by atoms with Crippen LogP contribution in [0.3, 0.4) is 0 Å². The Kier molecular flexibility index (Phi) is 6.65. The van der Waals surface area contributed by atoms with Gasteiger partial charge in [-0.2, -0.15) is 13.2 Å². The standard InChI is InChI=1S/C22H27F3N4O/c1-15-4-5-18(12-16(15)2)17(3)27-21(30)14-28-8-10-29(11-9-28)20-7-6-19(13-26-20)22(23,24)25/h4-7,12-13,17H,8-11,14H2,1-3H3,(H,27,30). The van der Waals surface area contributed by atoms with Crippen LogP contribution in [-0.2, 0) is 11.0 Å². The summed E-state index contributed by atoms with van der Waals surface area (Å²) in [5, 5.41) is 3.04. The number of aryl methyl sites for hydroxylation is 2. The second-order valence-corrected chi connectivity index (χ2v) is 7.80. The van der Waals surface area contributed by atoms with Crippen LogP contribution in [0.5, 0.6) is 0 Å². The van der Waals surface area contributed by atoms with Crippen molar-refractivity contribution in [2.45, 2.75) is 33.0 Å². The highest BCUT2D eigenvalue weighted by molar-refractivity contribution is 5.78. The van der Waals surface area contributed by atoms with Gasteiger partial charge in [-0.05, 0) is 49.6 Å². The lowest BCUT2D eigenvalue weighted by atomic mass is 10.0. The number of benzene rings is 1. The lowest BCUT2D eigenvalue weighted by molar-refractivity contribution is -0.137. The minimum Gasteiger partial charge on any atom is -0.354 e. The van der Waals surface area contributed by atoms with E-state index in [-0.39, 0.29) is 11.9 Å². The number of alkyl halides is 3. The van der Waals surface area contributed by atoms with Crippen molar-refractivity contribution in [1.82, 2.24) is 15.2 Å². The lowest BCUT2D eigenvalue weighted by Crippen LogP contribution is -2.49. The van der Waals surface area contributed by atoms with Crippen molar-refractivity contribution in [3.63, 3.8) is 0 Å². The van der Waals surface area contributed by atoms with Gasteiger partial charge in [-0.25, -0.2) is 4.98 Å². The summed E-state index contributed by atoms with van der Waals surface area (Å²) in [4.78, 5) is 20.4. The molecule has 1 aliphatic rings. The number of anilines is 1. The second-order valence-electron chi connectivity index (χ2n) is 7.80. The Morgan fingerprint density at radius 3 is 2.37 bits per heavy atom. The van der Waals surface area contributed by atoms with Crippen molar-refractivity contribution in [2.24, 2.45) is 0 Å². The zero-order valence-electron chi connectivity index (χ0n) is 17.5. The summed E-state index contributed by atoms with van der Waals surface area (Å²) < 4.78 is 38.0. The third-order valence-corrected chi connectivity index (χ3v) is 5.55.